The van der Waals surface area contributed by atoms with Crippen LogP contribution in [0.1, 0.15) is 18.7 Å². The molecule has 0 amide bonds. The summed E-state index contributed by atoms with van der Waals surface area (Å²) in [6, 6.07) is 0. The van der Waals surface area contributed by atoms with Gasteiger partial charge in [0.15, 0.2) is 11.5 Å². The lowest BCUT2D eigenvalue weighted by atomic mass is 9.93. The summed E-state index contributed by atoms with van der Waals surface area (Å²) in [7, 11) is 1.78. The third-order valence-corrected chi connectivity index (χ3v) is 2.51. The second-order valence-electron chi connectivity index (χ2n) is 3.48. The molecule has 2 rings (SSSR count). The average Bonchev–Trinajstić information content (AvgIpc) is 2.53. The topological polar surface area (TPSA) is 42.7 Å². The van der Waals surface area contributed by atoms with Gasteiger partial charge in [0.05, 0.1) is 0 Å². The lowest BCUT2D eigenvalue weighted by molar-refractivity contribution is 0.100. The van der Waals surface area contributed by atoms with E-state index in [2.05, 4.69) is 15.5 Å². The summed E-state index contributed by atoms with van der Waals surface area (Å²) < 4.78 is 15.9. The van der Waals surface area contributed by atoms with Gasteiger partial charge in [0, 0.05) is 19.9 Å². The molecule has 0 saturated carbocycles. The van der Waals surface area contributed by atoms with Crippen molar-refractivity contribution in [2.75, 3.05) is 13.1 Å². The van der Waals surface area contributed by atoms with Gasteiger partial charge in [-0.15, -0.1) is 35.0 Å². The van der Waals surface area contributed by atoms with Crippen molar-refractivity contribution in [3.05, 3.63) is 12.2 Å². The van der Waals surface area contributed by atoms with Crippen LogP contribution >= 0.6 is 24.8 Å². The Morgan fingerprint density at radius 2 is 2.00 bits per heavy atom. The normalized spacial score (nSPS) is 18.8. The summed E-state index contributed by atoms with van der Waals surface area (Å²) >= 11 is 0. The zero-order valence-electron chi connectivity index (χ0n) is 8.44. The maximum atomic E-state index is 14.2. The average molecular weight is 257 g/mol. The van der Waals surface area contributed by atoms with Gasteiger partial charge in [-0.05, 0) is 13.1 Å². The van der Waals surface area contributed by atoms with Gasteiger partial charge < -0.3 is 9.88 Å². The second kappa shape index (κ2) is 5.63. The highest BCUT2D eigenvalue weighted by Crippen LogP contribution is 2.32. The third kappa shape index (κ3) is 2.80. The predicted molar refractivity (Wildman–Crippen MR) is 60.4 cm³/mol. The Hall–Kier alpha value is -0.390. The van der Waals surface area contributed by atoms with E-state index >= 15 is 0 Å². The molecule has 88 valence electrons. The van der Waals surface area contributed by atoms with Crippen LogP contribution in [0.3, 0.4) is 0 Å². The molecule has 1 aromatic heterocycles. The van der Waals surface area contributed by atoms with E-state index in [0.29, 0.717) is 31.8 Å². The maximum Gasteiger partial charge on any atom is 0.172 e. The van der Waals surface area contributed by atoms with E-state index < -0.39 is 5.67 Å². The summed E-state index contributed by atoms with van der Waals surface area (Å²) in [5, 5.41) is 10.6. The molecule has 2 heterocycles. The van der Waals surface area contributed by atoms with Crippen molar-refractivity contribution in [2.45, 2.75) is 18.5 Å². The molecular weight excluding hydrogens is 242 g/mol. The van der Waals surface area contributed by atoms with Crippen LogP contribution < -0.4 is 5.32 Å². The van der Waals surface area contributed by atoms with Gasteiger partial charge in [-0.3, -0.25) is 0 Å². The Balaban J connectivity index is 0.000000980. The fourth-order valence-corrected chi connectivity index (χ4v) is 1.74. The molecule has 7 heteroatoms. The van der Waals surface area contributed by atoms with Gasteiger partial charge in [0.1, 0.15) is 6.33 Å². The zero-order valence-corrected chi connectivity index (χ0v) is 10.1. The molecule has 0 bridgehead atoms. The Morgan fingerprint density at radius 3 is 2.47 bits per heavy atom. The maximum absolute atomic E-state index is 14.2. The Morgan fingerprint density at radius 1 is 1.40 bits per heavy atom. The minimum absolute atomic E-state index is 0. The first-order chi connectivity index (χ1) is 6.22. The van der Waals surface area contributed by atoms with E-state index in [4.69, 9.17) is 0 Å². The number of rotatable bonds is 1. The molecule has 4 nitrogen and oxygen atoms in total. The van der Waals surface area contributed by atoms with Gasteiger partial charge in [0.2, 0.25) is 0 Å². The number of nitrogens with zero attached hydrogens (tertiary/aromatic N) is 3. The molecule has 1 aliphatic heterocycles. The minimum Gasteiger partial charge on any atom is -0.318 e. The third-order valence-electron chi connectivity index (χ3n) is 2.51. The molecule has 15 heavy (non-hydrogen) atoms. The van der Waals surface area contributed by atoms with Gasteiger partial charge in [-0.1, -0.05) is 0 Å². The Bertz CT molecular complexity index is 299. The molecule has 1 saturated heterocycles. The van der Waals surface area contributed by atoms with Crippen molar-refractivity contribution in [3.8, 4) is 0 Å². The van der Waals surface area contributed by atoms with E-state index in [9.17, 15) is 4.39 Å². The van der Waals surface area contributed by atoms with Gasteiger partial charge in [-0.2, -0.15) is 0 Å². The molecule has 0 atom stereocenters. The molecule has 1 N–H and O–H groups in total. The first-order valence-electron chi connectivity index (χ1n) is 4.46. The lowest BCUT2D eigenvalue weighted by Crippen LogP contribution is -2.38. The van der Waals surface area contributed by atoms with Crippen molar-refractivity contribution in [1.29, 1.82) is 0 Å². The largest absolute Gasteiger partial charge is 0.318 e. The fourth-order valence-electron chi connectivity index (χ4n) is 1.74. The van der Waals surface area contributed by atoms with Crippen LogP contribution in [0.25, 0.3) is 0 Å². The number of nitrogens with one attached hydrogen (secondary N) is 1. The molecule has 0 aliphatic carbocycles. The molecule has 1 fully saturated rings. The lowest BCUT2D eigenvalue weighted by Gasteiger charge is -2.28. The summed E-state index contributed by atoms with van der Waals surface area (Å²) in [4.78, 5) is 0. The molecule has 1 aromatic rings. The van der Waals surface area contributed by atoms with Crippen molar-refractivity contribution >= 4 is 24.8 Å². The first kappa shape index (κ1) is 14.6. The number of piperidine rings is 1. The van der Waals surface area contributed by atoms with Crippen molar-refractivity contribution in [3.63, 3.8) is 0 Å². The number of halogens is 3. The number of aromatic nitrogens is 3. The van der Waals surface area contributed by atoms with Gasteiger partial charge in [-0.25, -0.2) is 4.39 Å². The second-order valence-corrected chi connectivity index (χ2v) is 3.48. The van der Waals surface area contributed by atoms with E-state index in [1.807, 2.05) is 0 Å². The van der Waals surface area contributed by atoms with Crippen LogP contribution in [0.2, 0.25) is 0 Å². The van der Waals surface area contributed by atoms with Crippen molar-refractivity contribution < 1.29 is 4.39 Å². The molecular formula is C8H15Cl2FN4. The monoisotopic (exact) mass is 256 g/mol. The highest BCUT2D eigenvalue weighted by atomic mass is 35.5. The number of hydrogen-bond acceptors (Lipinski definition) is 3. The van der Waals surface area contributed by atoms with Crippen LogP contribution in [0.15, 0.2) is 6.33 Å². The van der Waals surface area contributed by atoms with E-state index in [1.165, 1.54) is 0 Å². The molecule has 0 radical (unpaired) electrons. The summed E-state index contributed by atoms with van der Waals surface area (Å²) in [5.74, 6) is 0.453. The van der Waals surface area contributed by atoms with Crippen molar-refractivity contribution in [1.82, 2.24) is 20.1 Å². The fraction of sp³-hybridized carbons (Fsp3) is 0.750. The minimum atomic E-state index is -1.28. The summed E-state index contributed by atoms with van der Waals surface area (Å²) in [6.45, 7) is 1.42. The van der Waals surface area contributed by atoms with Crippen LogP contribution in [0.5, 0.6) is 0 Å². The van der Waals surface area contributed by atoms with Gasteiger partial charge >= 0.3 is 0 Å². The van der Waals surface area contributed by atoms with E-state index in [1.54, 1.807) is 17.9 Å². The highest BCUT2D eigenvalue weighted by molar-refractivity contribution is 5.85. The molecule has 0 spiro atoms. The first-order valence-corrected chi connectivity index (χ1v) is 4.46. The molecule has 1 aliphatic rings. The SMILES string of the molecule is Cl.Cl.Cn1cnnc1C1(F)CCNCC1. The van der Waals surface area contributed by atoms with E-state index in [-0.39, 0.29) is 24.8 Å². The standard InChI is InChI=1S/C8H13FN4.2ClH/c1-13-6-11-12-7(13)8(9)2-4-10-5-3-8;;/h6,10H,2-5H2,1H3;2*1H. The highest BCUT2D eigenvalue weighted by Gasteiger charge is 2.37. The Kier molecular flexibility index (Phi) is 5.48. The zero-order chi connectivity index (χ0) is 9.31. The van der Waals surface area contributed by atoms with E-state index in [0.717, 1.165) is 0 Å². The summed E-state index contributed by atoms with van der Waals surface area (Å²) in [6.07, 6.45) is 2.51. The smallest absolute Gasteiger partial charge is 0.172 e. The van der Waals surface area contributed by atoms with Crippen LogP contribution in [-0.2, 0) is 12.7 Å². The molecule has 0 unspecified atom stereocenters. The summed E-state index contributed by atoms with van der Waals surface area (Å²) in [5.41, 5.74) is -1.28. The van der Waals surface area contributed by atoms with Crippen molar-refractivity contribution in [2.24, 2.45) is 7.05 Å². The van der Waals surface area contributed by atoms with Crippen LogP contribution in [0.4, 0.5) is 4.39 Å². The van der Waals surface area contributed by atoms with Crippen LogP contribution in [0, 0.1) is 0 Å². The Labute approximate surface area is 100 Å². The number of hydrogen-bond donors (Lipinski definition) is 1. The van der Waals surface area contributed by atoms with Gasteiger partial charge in [0.25, 0.3) is 0 Å². The number of alkyl halides is 1. The quantitative estimate of drug-likeness (QED) is 0.822. The predicted octanol–water partition coefficient (Wildman–Crippen LogP) is 1.21. The number of aryl methyl sites for hydroxylation is 1. The van der Waals surface area contributed by atoms with Crippen LogP contribution in [-0.4, -0.2) is 27.9 Å². The molecule has 0 aromatic carbocycles.